The molecule has 0 saturated carbocycles. The first kappa shape index (κ1) is 17.9. The molecule has 3 aromatic rings. The molecule has 0 aliphatic heterocycles. The van der Waals surface area contributed by atoms with Crippen molar-refractivity contribution in [2.45, 2.75) is 26.8 Å². The van der Waals surface area contributed by atoms with Crippen LogP contribution in [0.25, 0.3) is 11.0 Å². The number of carbonyl (C=O) groups is 2. The molecule has 0 spiro atoms. The maximum atomic E-state index is 12.6. The first-order valence-corrected chi connectivity index (χ1v) is 8.44. The first-order valence-electron chi connectivity index (χ1n) is 8.07. The number of halogens is 1. The topological polar surface area (TPSA) is 88.9 Å². The van der Waals surface area contributed by atoms with Crippen molar-refractivity contribution in [3.8, 4) is 0 Å². The molecule has 0 aliphatic carbocycles. The molecule has 2 amide bonds. The molecule has 134 valence electrons. The number of fused-ring (bicyclic) bond motifs is 1. The van der Waals surface area contributed by atoms with Crippen molar-refractivity contribution in [2.24, 2.45) is 0 Å². The molecule has 0 atom stereocenters. The molecule has 0 bridgehead atoms. The number of pyridine rings is 1. The quantitative estimate of drug-likeness (QED) is 0.728. The van der Waals surface area contributed by atoms with Crippen molar-refractivity contribution in [2.75, 3.05) is 10.6 Å². The van der Waals surface area contributed by atoms with Crippen LogP contribution < -0.4 is 10.6 Å². The average Bonchev–Trinajstić information content (AvgIpc) is 3.00. The molecule has 3 rings (SSSR count). The average molecular weight is 372 g/mol. The molecule has 2 heterocycles. The fourth-order valence-electron chi connectivity index (χ4n) is 2.54. The van der Waals surface area contributed by atoms with Crippen LogP contribution in [0, 0.1) is 0 Å². The number of hydrogen-bond acceptors (Lipinski definition) is 4. The Labute approximate surface area is 155 Å². The first-order chi connectivity index (χ1) is 12.3. The van der Waals surface area contributed by atoms with Gasteiger partial charge in [0.25, 0.3) is 5.91 Å². The summed E-state index contributed by atoms with van der Waals surface area (Å²) < 4.78 is 1.80. The maximum absolute atomic E-state index is 12.6. The summed E-state index contributed by atoms with van der Waals surface area (Å²) in [6.07, 6.45) is 3.19. The van der Waals surface area contributed by atoms with E-state index in [0.29, 0.717) is 22.0 Å². The fourth-order valence-corrected chi connectivity index (χ4v) is 2.70. The van der Waals surface area contributed by atoms with Gasteiger partial charge in [0.05, 0.1) is 22.5 Å². The molecule has 0 unspecified atom stereocenters. The van der Waals surface area contributed by atoms with E-state index < -0.39 is 0 Å². The largest absolute Gasteiger partial charge is 0.326 e. The minimum Gasteiger partial charge on any atom is -0.326 e. The van der Waals surface area contributed by atoms with E-state index in [1.54, 1.807) is 35.1 Å². The molecule has 2 N–H and O–H groups in total. The molecular formula is C18H18ClN5O2. The zero-order chi connectivity index (χ0) is 18.8. The van der Waals surface area contributed by atoms with Gasteiger partial charge in [-0.3, -0.25) is 9.59 Å². The van der Waals surface area contributed by atoms with E-state index in [9.17, 15) is 9.59 Å². The lowest BCUT2D eigenvalue weighted by Gasteiger charge is -2.10. The van der Waals surface area contributed by atoms with Crippen molar-refractivity contribution in [3.05, 3.63) is 47.2 Å². The number of nitrogens with zero attached hydrogens (tertiary/aromatic N) is 3. The Morgan fingerprint density at radius 2 is 1.92 bits per heavy atom. The third-order valence-corrected chi connectivity index (χ3v) is 4.05. The highest BCUT2D eigenvalue weighted by molar-refractivity contribution is 6.34. The van der Waals surface area contributed by atoms with Gasteiger partial charge in [0.2, 0.25) is 5.91 Å². The summed E-state index contributed by atoms with van der Waals surface area (Å²) in [5.74, 6) is -0.556. The fraction of sp³-hybridized carbons (Fsp3) is 0.222. The highest BCUT2D eigenvalue weighted by Gasteiger charge is 2.13. The van der Waals surface area contributed by atoms with E-state index in [-0.39, 0.29) is 17.9 Å². The van der Waals surface area contributed by atoms with Crippen molar-refractivity contribution in [1.82, 2.24) is 14.8 Å². The predicted octanol–water partition coefficient (Wildman–Crippen LogP) is 3.88. The van der Waals surface area contributed by atoms with Crippen molar-refractivity contribution < 1.29 is 9.59 Å². The number of nitrogens with one attached hydrogen (secondary N) is 2. The maximum Gasteiger partial charge on any atom is 0.257 e. The predicted molar refractivity (Wildman–Crippen MR) is 102 cm³/mol. The summed E-state index contributed by atoms with van der Waals surface area (Å²) in [6, 6.07) is 6.78. The van der Waals surface area contributed by atoms with E-state index >= 15 is 0 Å². The molecule has 2 aromatic heterocycles. The Morgan fingerprint density at radius 1 is 1.15 bits per heavy atom. The standard InChI is InChI=1S/C18H18ClN5O2/c1-10(2)24-17-12(9-21-24)6-13(8-20-17)18(26)23-16-7-14(22-11(3)25)4-5-15(16)19/h4-10H,1-3H3,(H,22,25)(H,23,26). The van der Waals surface area contributed by atoms with Crippen LogP contribution >= 0.6 is 11.6 Å². The van der Waals surface area contributed by atoms with Gasteiger partial charge in [0, 0.05) is 30.2 Å². The zero-order valence-electron chi connectivity index (χ0n) is 14.6. The zero-order valence-corrected chi connectivity index (χ0v) is 15.3. The number of aromatic nitrogens is 3. The van der Waals surface area contributed by atoms with Crippen LogP contribution in [0.1, 0.15) is 37.2 Å². The van der Waals surface area contributed by atoms with E-state index in [0.717, 1.165) is 11.0 Å². The smallest absolute Gasteiger partial charge is 0.257 e. The normalized spacial score (nSPS) is 11.0. The van der Waals surface area contributed by atoms with E-state index in [4.69, 9.17) is 11.6 Å². The van der Waals surface area contributed by atoms with Crippen molar-refractivity contribution in [3.63, 3.8) is 0 Å². The Morgan fingerprint density at radius 3 is 2.62 bits per heavy atom. The number of hydrogen-bond donors (Lipinski definition) is 2. The van der Waals surface area contributed by atoms with Gasteiger partial charge >= 0.3 is 0 Å². The van der Waals surface area contributed by atoms with E-state index in [1.807, 2.05) is 13.8 Å². The second kappa shape index (κ2) is 7.13. The molecule has 7 nitrogen and oxygen atoms in total. The Balaban J connectivity index is 1.86. The van der Waals surface area contributed by atoms with Crippen LogP contribution in [0.4, 0.5) is 11.4 Å². The van der Waals surface area contributed by atoms with Gasteiger partial charge in [0.15, 0.2) is 5.65 Å². The summed E-state index contributed by atoms with van der Waals surface area (Å²) in [4.78, 5) is 28.1. The SMILES string of the molecule is CC(=O)Nc1ccc(Cl)c(NC(=O)c2cnc3c(cnn3C(C)C)c2)c1. The van der Waals surface area contributed by atoms with E-state index in [2.05, 4.69) is 20.7 Å². The minimum absolute atomic E-state index is 0.176. The monoisotopic (exact) mass is 371 g/mol. The second-order valence-corrected chi connectivity index (χ2v) is 6.56. The van der Waals surface area contributed by atoms with Crippen LogP contribution in [0.2, 0.25) is 5.02 Å². The van der Waals surface area contributed by atoms with Gasteiger partial charge in [-0.15, -0.1) is 0 Å². The van der Waals surface area contributed by atoms with Crippen LogP contribution in [-0.4, -0.2) is 26.6 Å². The highest BCUT2D eigenvalue weighted by atomic mass is 35.5. The van der Waals surface area contributed by atoms with Gasteiger partial charge in [-0.05, 0) is 38.1 Å². The lowest BCUT2D eigenvalue weighted by Crippen LogP contribution is -2.13. The van der Waals surface area contributed by atoms with Crippen molar-refractivity contribution >= 4 is 45.8 Å². The summed E-state index contributed by atoms with van der Waals surface area (Å²) in [7, 11) is 0. The second-order valence-electron chi connectivity index (χ2n) is 6.15. The summed E-state index contributed by atoms with van der Waals surface area (Å²) in [5.41, 5.74) is 2.06. The third-order valence-electron chi connectivity index (χ3n) is 3.72. The van der Waals surface area contributed by atoms with Crippen LogP contribution in [0.3, 0.4) is 0 Å². The lowest BCUT2D eigenvalue weighted by atomic mass is 10.2. The summed E-state index contributed by atoms with van der Waals surface area (Å²) in [5, 5.41) is 10.8. The van der Waals surface area contributed by atoms with Crippen LogP contribution in [0.15, 0.2) is 36.7 Å². The van der Waals surface area contributed by atoms with Crippen molar-refractivity contribution in [1.29, 1.82) is 0 Å². The summed E-state index contributed by atoms with van der Waals surface area (Å²) in [6.45, 7) is 5.43. The van der Waals surface area contributed by atoms with Gasteiger partial charge in [-0.2, -0.15) is 5.10 Å². The Bertz CT molecular complexity index is 996. The molecule has 26 heavy (non-hydrogen) atoms. The Kier molecular flexibility index (Phi) is 4.90. The lowest BCUT2D eigenvalue weighted by molar-refractivity contribution is -0.114. The molecule has 0 aliphatic rings. The van der Waals surface area contributed by atoms with Crippen LogP contribution in [0.5, 0.6) is 0 Å². The molecule has 0 radical (unpaired) electrons. The number of anilines is 2. The van der Waals surface area contributed by atoms with Gasteiger partial charge in [-0.25, -0.2) is 9.67 Å². The van der Waals surface area contributed by atoms with Gasteiger partial charge in [-0.1, -0.05) is 11.6 Å². The molecule has 1 aromatic carbocycles. The summed E-state index contributed by atoms with van der Waals surface area (Å²) >= 11 is 6.14. The number of rotatable bonds is 4. The van der Waals surface area contributed by atoms with Gasteiger partial charge < -0.3 is 10.6 Å². The minimum atomic E-state index is -0.349. The van der Waals surface area contributed by atoms with E-state index in [1.165, 1.54) is 13.1 Å². The molecular weight excluding hydrogens is 354 g/mol. The molecule has 0 saturated heterocycles. The van der Waals surface area contributed by atoms with Crippen LogP contribution in [-0.2, 0) is 4.79 Å². The number of amides is 2. The molecule has 8 heteroatoms. The Hall–Kier alpha value is -2.93. The number of benzene rings is 1. The molecule has 0 fully saturated rings. The number of carbonyl (C=O) groups excluding carboxylic acids is 2. The van der Waals surface area contributed by atoms with Gasteiger partial charge in [0.1, 0.15) is 0 Å². The highest BCUT2D eigenvalue weighted by Crippen LogP contribution is 2.26. The third kappa shape index (κ3) is 3.67.